The van der Waals surface area contributed by atoms with Gasteiger partial charge in [-0.3, -0.25) is 14.4 Å². The highest BCUT2D eigenvalue weighted by Crippen LogP contribution is 2.23. The number of likely N-dealkylation sites (N-methyl/N-ethyl adjacent to an activating group) is 1. The normalized spacial score (nSPS) is 13.2. The van der Waals surface area contributed by atoms with E-state index in [0.29, 0.717) is 11.1 Å². The molecule has 0 aliphatic heterocycles. The Hall–Kier alpha value is -3.54. The summed E-state index contributed by atoms with van der Waals surface area (Å²) in [7, 11) is 1.41. The zero-order valence-electron chi connectivity index (χ0n) is 20.3. The Balaban J connectivity index is 3.31. The molecule has 1 aromatic rings. The van der Waals surface area contributed by atoms with E-state index in [1.807, 2.05) is 20.8 Å². The van der Waals surface area contributed by atoms with Crippen molar-refractivity contribution in [1.82, 2.24) is 15.5 Å². The summed E-state index contributed by atoms with van der Waals surface area (Å²) in [6.45, 7) is 10.4. The van der Waals surface area contributed by atoms with E-state index in [1.165, 1.54) is 7.05 Å². The predicted molar refractivity (Wildman–Crippen MR) is 125 cm³/mol. The van der Waals surface area contributed by atoms with Crippen LogP contribution in [-0.4, -0.2) is 52.9 Å². The van der Waals surface area contributed by atoms with E-state index in [2.05, 4.69) is 16.6 Å². The van der Waals surface area contributed by atoms with Gasteiger partial charge < -0.3 is 26.0 Å². The minimum atomic E-state index is -1.32. The molecule has 0 saturated carbocycles. The van der Waals surface area contributed by atoms with Crippen molar-refractivity contribution in [2.24, 2.45) is 5.73 Å². The maximum atomic E-state index is 13.3. The summed E-state index contributed by atoms with van der Waals surface area (Å²) in [5.74, 6) is 0.571. The highest BCUT2D eigenvalue weighted by molar-refractivity contribution is 5.94. The number of carbonyl (C=O) groups is 4. The highest BCUT2D eigenvalue weighted by atomic mass is 16.6. The number of hydrogen-bond acceptors (Lipinski definition) is 5. The van der Waals surface area contributed by atoms with E-state index < -0.39 is 53.5 Å². The first-order chi connectivity index (χ1) is 15.0. The lowest BCUT2D eigenvalue weighted by molar-refractivity contribution is -0.142. The SMILES string of the molecule is C#Cc1ccc(C(C(=O)NC(C)(C)C)N(C)C(=O)C(CC(N)=O)NC(=O)OC(C)(C)C)cc1. The van der Waals surface area contributed by atoms with Crippen LogP contribution in [0.15, 0.2) is 24.3 Å². The smallest absolute Gasteiger partial charge is 0.408 e. The molecule has 0 bridgehead atoms. The molecule has 0 saturated heterocycles. The third kappa shape index (κ3) is 9.23. The molecule has 4 amide bonds. The fraction of sp³-hybridized carbons (Fsp3) is 0.500. The van der Waals surface area contributed by atoms with Gasteiger partial charge in [-0.05, 0) is 59.2 Å². The van der Waals surface area contributed by atoms with Gasteiger partial charge >= 0.3 is 6.09 Å². The van der Waals surface area contributed by atoms with E-state index >= 15 is 0 Å². The molecular formula is C24H34N4O5. The fourth-order valence-corrected chi connectivity index (χ4v) is 2.97. The van der Waals surface area contributed by atoms with Crippen LogP contribution in [0.3, 0.4) is 0 Å². The molecule has 180 valence electrons. The second kappa shape index (κ2) is 10.9. The zero-order chi connectivity index (χ0) is 25.6. The van der Waals surface area contributed by atoms with E-state index in [0.717, 1.165) is 4.90 Å². The van der Waals surface area contributed by atoms with Gasteiger partial charge in [0.2, 0.25) is 17.7 Å². The zero-order valence-corrected chi connectivity index (χ0v) is 20.3. The standard InChI is InChI=1S/C24H34N4O5/c1-9-15-10-12-16(13-11-15)19(20(30)27-23(2,3)4)28(8)21(31)17(14-18(25)29)26-22(32)33-24(5,6)7/h1,10-13,17,19H,14H2,2-8H3,(H2,25,29)(H,26,32)(H,27,30). The lowest BCUT2D eigenvalue weighted by Crippen LogP contribution is -2.54. The second-order valence-electron chi connectivity index (χ2n) is 9.73. The Bertz CT molecular complexity index is 920. The highest BCUT2D eigenvalue weighted by Gasteiger charge is 2.35. The maximum Gasteiger partial charge on any atom is 0.408 e. The average molecular weight is 459 g/mol. The Kier molecular flexibility index (Phi) is 9.05. The summed E-state index contributed by atoms with van der Waals surface area (Å²) in [5, 5.41) is 5.24. The number of carbonyl (C=O) groups excluding carboxylic acids is 4. The third-order valence-electron chi connectivity index (χ3n) is 4.27. The molecule has 0 spiro atoms. The first-order valence-corrected chi connectivity index (χ1v) is 10.5. The number of alkyl carbamates (subject to hydrolysis) is 1. The van der Waals surface area contributed by atoms with Gasteiger partial charge in [-0.1, -0.05) is 18.1 Å². The molecular weight excluding hydrogens is 424 g/mol. The van der Waals surface area contributed by atoms with Crippen LogP contribution in [0.1, 0.15) is 65.1 Å². The van der Waals surface area contributed by atoms with Crippen LogP contribution in [0, 0.1) is 12.3 Å². The van der Waals surface area contributed by atoms with Gasteiger partial charge in [-0.2, -0.15) is 0 Å². The maximum absolute atomic E-state index is 13.3. The van der Waals surface area contributed by atoms with Gasteiger partial charge in [0.05, 0.1) is 6.42 Å². The Morgan fingerprint density at radius 2 is 1.64 bits per heavy atom. The molecule has 9 heteroatoms. The number of nitrogens with zero attached hydrogens (tertiary/aromatic N) is 1. The molecule has 2 unspecified atom stereocenters. The number of ether oxygens (including phenoxy) is 1. The molecule has 33 heavy (non-hydrogen) atoms. The minimum Gasteiger partial charge on any atom is -0.444 e. The molecule has 0 radical (unpaired) electrons. The van der Waals surface area contributed by atoms with Crippen LogP contribution in [0.25, 0.3) is 0 Å². The minimum absolute atomic E-state index is 0.443. The number of nitrogens with two attached hydrogens (primary N) is 1. The van der Waals surface area contributed by atoms with Gasteiger partial charge in [0.1, 0.15) is 17.7 Å². The number of primary amides is 1. The predicted octanol–water partition coefficient (Wildman–Crippen LogP) is 1.85. The van der Waals surface area contributed by atoms with E-state index in [9.17, 15) is 19.2 Å². The lowest BCUT2D eigenvalue weighted by atomic mass is 10.00. The van der Waals surface area contributed by atoms with Gasteiger partial charge in [-0.15, -0.1) is 6.42 Å². The monoisotopic (exact) mass is 458 g/mol. The Labute approximate surface area is 195 Å². The number of rotatable bonds is 7. The summed E-state index contributed by atoms with van der Waals surface area (Å²) >= 11 is 0. The van der Waals surface area contributed by atoms with Crippen molar-refractivity contribution in [2.75, 3.05) is 7.05 Å². The molecule has 0 aliphatic rings. The fourth-order valence-electron chi connectivity index (χ4n) is 2.97. The topological polar surface area (TPSA) is 131 Å². The summed E-state index contributed by atoms with van der Waals surface area (Å²) in [4.78, 5) is 51.5. The number of benzene rings is 1. The first kappa shape index (κ1) is 27.5. The molecule has 0 aliphatic carbocycles. The van der Waals surface area contributed by atoms with Crippen molar-refractivity contribution < 1.29 is 23.9 Å². The van der Waals surface area contributed by atoms with Crippen molar-refractivity contribution >= 4 is 23.8 Å². The molecule has 1 rings (SSSR count). The molecule has 1 aromatic carbocycles. The van der Waals surface area contributed by atoms with Gasteiger partial charge in [0.25, 0.3) is 0 Å². The van der Waals surface area contributed by atoms with E-state index in [1.54, 1.807) is 45.0 Å². The molecule has 4 N–H and O–H groups in total. The lowest BCUT2D eigenvalue weighted by Gasteiger charge is -2.33. The average Bonchev–Trinajstić information content (AvgIpc) is 2.64. The molecule has 0 heterocycles. The molecule has 0 fully saturated rings. The van der Waals surface area contributed by atoms with Crippen LogP contribution in [0.5, 0.6) is 0 Å². The second-order valence-corrected chi connectivity index (χ2v) is 9.73. The van der Waals surface area contributed by atoms with Crippen LogP contribution < -0.4 is 16.4 Å². The summed E-state index contributed by atoms with van der Waals surface area (Å²) in [6.07, 6.45) is 4.06. The quantitative estimate of drug-likeness (QED) is 0.537. The summed E-state index contributed by atoms with van der Waals surface area (Å²) in [6, 6.07) is 4.24. The van der Waals surface area contributed by atoms with Gasteiger partial charge in [0, 0.05) is 18.2 Å². The van der Waals surface area contributed by atoms with Crippen LogP contribution in [-0.2, 0) is 19.1 Å². The summed E-state index contributed by atoms with van der Waals surface area (Å²) < 4.78 is 5.19. The Morgan fingerprint density at radius 1 is 1.09 bits per heavy atom. The first-order valence-electron chi connectivity index (χ1n) is 10.5. The molecule has 0 aromatic heterocycles. The number of terminal acetylenes is 1. The van der Waals surface area contributed by atoms with Crippen molar-refractivity contribution in [2.45, 2.75) is 71.2 Å². The van der Waals surface area contributed by atoms with Crippen molar-refractivity contribution in [3.8, 4) is 12.3 Å². The number of amides is 4. The number of nitrogens with one attached hydrogen (secondary N) is 2. The van der Waals surface area contributed by atoms with Gasteiger partial charge in [0.15, 0.2) is 0 Å². The molecule has 9 nitrogen and oxygen atoms in total. The number of hydrogen-bond donors (Lipinski definition) is 3. The van der Waals surface area contributed by atoms with Crippen LogP contribution >= 0.6 is 0 Å². The largest absolute Gasteiger partial charge is 0.444 e. The van der Waals surface area contributed by atoms with E-state index in [4.69, 9.17) is 16.9 Å². The van der Waals surface area contributed by atoms with Gasteiger partial charge in [-0.25, -0.2) is 4.79 Å². The van der Waals surface area contributed by atoms with Crippen molar-refractivity contribution in [1.29, 1.82) is 0 Å². The Morgan fingerprint density at radius 3 is 2.06 bits per heavy atom. The van der Waals surface area contributed by atoms with Crippen molar-refractivity contribution in [3.05, 3.63) is 35.4 Å². The van der Waals surface area contributed by atoms with Crippen molar-refractivity contribution in [3.63, 3.8) is 0 Å². The van der Waals surface area contributed by atoms with Crippen LogP contribution in [0.2, 0.25) is 0 Å². The summed E-state index contributed by atoms with van der Waals surface area (Å²) in [5.41, 5.74) is 5.02. The third-order valence-corrected chi connectivity index (χ3v) is 4.27. The van der Waals surface area contributed by atoms with Crippen LogP contribution in [0.4, 0.5) is 4.79 Å². The van der Waals surface area contributed by atoms with E-state index in [-0.39, 0.29) is 0 Å². The molecule has 2 atom stereocenters.